The van der Waals surface area contributed by atoms with Crippen molar-refractivity contribution in [2.24, 2.45) is 5.92 Å². The zero-order chi connectivity index (χ0) is 21.8. The third kappa shape index (κ3) is 4.97. The minimum atomic E-state index is -0.119. The van der Waals surface area contributed by atoms with Crippen molar-refractivity contribution < 1.29 is 19.0 Å². The first kappa shape index (κ1) is 21.5. The van der Waals surface area contributed by atoms with Gasteiger partial charge >= 0.3 is 5.97 Å². The van der Waals surface area contributed by atoms with Crippen LogP contribution in [0.3, 0.4) is 0 Å². The van der Waals surface area contributed by atoms with Crippen molar-refractivity contribution in [1.82, 2.24) is 9.97 Å². The molecule has 3 aromatic rings. The molecule has 2 aromatic carbocycles. The average molecular weight is 441 g/mol. The fourth-order valence-corrected chi connectivity index (χ4v) is 3.85. The summed E-state index contributed by atoms with van der Waals surface area (Å²) in [6.45, 7) is 5.13. The number of carbonyl (C=O) groups excluding carboxylic acids is 1. The third-order valence-electron chi connectivity index (χ3n) is 5.40. The average Bonchev–Trinajstić information content (AvgIpc) is 2.73. The molecule has 0 amide bonds. The van der Waals surface area contributed by atoms with Crippen molar-refractivity contribution in [2.45, 2.75) is 32.8 Å². The fourth-order valence-electron chi connectivity index (χ4n) is 3.63. The normalized spacial score (nSPS) is 17.9. The van der Waals surface area contributed by atoms with E-state index in [1.54, 1.807) is 0 Å². The molecule has 0 atom stereocenters. The first-order valence-electron chi connectivity index (χ1n) is 10.5. The second kappa shape index (κ2) is 9.62. The van der Waals surface area contributed by atoms with E-state index in [1.807, 2.05) is 56.3 Å². The van der Waals surface area contributed by atoms with Gasteiger partial charge in [0, 0.05) is 16.6 Å². The van der Waals surface area contributed by atoms with E-state index in [1.165, 1.54) is 0 Å². The van der Waals surface area contributed by atoms with E-state index in [2.05, 4.69) is 9.97 Å². The molecule has 4 rings (SSSR count). The van der Waals surface area contributed by atoms with Gasteiger partial charge in [-0.3, -0.25) is 4.79 Å². The number of nitrogens with zero attached hydrogens (tertiary/aromatic N) is 2. The van der Waals surface area contributed by atoms with Crippen LogP contribution in [0.5, 0.6) is 5.75 Å². The molecule has 31 heavy (non-hydrogen) atoms. The summed E-state index contributed by atoms with van der Waals surface area (Å²) in [5, 5.41) is 1.57. The number of halogens is 1. The van der Waals surface area contributed by atoms with E-state index in [4.69, 9.17) is 25.8 Å². The minimum Gasteiger partial charge on any atom is -0.491 e. The third-order valence-corrected chi connectivity index (χ3v) is 5.71. The summed E-state index contributed by atoms with van der Waals surface area (Å²) in [5.41, 5.74) is 2.54. The lowest BCUT2D eigenvalue weighted by atomic mass is 9.82. The van der Waals surface area contributed by atoms with Crippen LogP contribution in [0.1, 0.15) is 25.5 Å². The predicted octanol–water partition coefficient (Wildman–Crippen LogP) is 5.00. The van der Waals surface area contributed by atoms with Gasteiger partial charge in [0.15, 0.2) is 5.82 Å². The van der Waals surface area contributed by atoms with Gasteiger partial charge < -0.3 is 14.2 Å². The van der Waals surface area contributed by atoms with Crippen LogP contribution < -0.4 is 4.74 Å². The van der Waals surface area contributed by atoms with Crippen molar-refractivity contribution in [2.75, 3.05) is 19.8 Å². The number of benzene rings is 2. The van der Waals surface area contributed by atoms with Crippen LogP contribution in [-0.4, -0.2) is 41.9 Å². The van der Waals surface area contributed by atoms with Gasteiger partial charge in [-0.15, -0.1) is 0 Å². The number of fused-ring (bicyclic) bond motifs is 1. The van der Waals surface area contributed by atoms with Crippen molar-refractivity contribution in [1.29, 1.82) is 0 Å². The molecule has 6 nitrogen and oxygen atoms in total. The van der Waals surface area contributed by atoms with Gasteiger partial charge in [0.1, 0.15) is 12.4 Å². The molecule has 162 valence electrons. The van der Waals surface area contributed by atoms with Crippen molar-refractivity contribution in [3.8, 4) is 17.1 Å². The van der Waals surface area contributed by atoms with E-state index < -0.39 is 0 Å². The Morgan fingerprint density at radius 3 is 2.61 bits per heavy atom. The van der Waals surface area contributed by atoms with Crippen LogP contribution in [0.4, 0.5) is 0 Å². The zero-order valence-electron chi connectivity index (χ0n) is 17.6. The number of carbonyl (C=O) groups is 1. The predicted molar refractivity (Wildman–Crippen MR) is 119 cm³/mol. The highest BCUT2D eigenvalue weighted by molar-refractivity contribution is 6.35. The molecule has 0 aliphatic heterocycles. The number of rotatable bonds is 8. The van der Waals surface area contributed by atoms with Crippen LogP contribution >= 0.6 is 11.6 Å². The molecular weight excluding hydrogens is 416 g/mol. The molecule has 0 radical (unpaired) electrons. The van der Waals surface area contributed by atoms with Crippen molar-refractivity contribution in [3.63, 3.8) is 0 Å². The molecule has 0 bridgehead atoms. The van der Waals surface area contributed by atoms with E-state index in [9.17, 15) is 4.79 Å². The lowest BCUT2D eigenvalue weighted by Crippen LogP contribution is -2.38. The van der Waals surface area contributed by atoms with E-state index in [-0.39, 0.29) is 18.0 Å². The van der Waals surface area contributed by atoms with Crippen LogP contribution in [0.15, 0.2) is 42.5 Å². The molecule has 7 heteroatoms. The maximum absolute atomic E-state index is 11.6. The second-order valence-electron chi connectivity index (χ2n) is 7.55. The van der Waals surface area contributed by atoms with E-state index in [0.29, 0.717) is 30.7 Å². The highest BCUT2D eigenvalue weighted by atomic mass is 35.5. The maximum Gasteiger partial charge on any atom is 0.309 e. The summed E-state index contributed by atoms with van der Waals surface area (Å²) >= 11 is 6.31. The topological polar surface area (TPSA) is 70.5 Å². The Hall–Kier alpha value is -2.70. The van der Waals surface area contributed by atoms with Gasteiger partial charge in [0.25, 0.3) is 0 Å². The quantitative estimate of drug-likeness (QED) is 0.363. The second-order valence-corrected chi connectivity index (χ2v) is 7.96. The summed E-state index contributed by atoms with van der Waals surface area (Å²) in [4.78, 5) is 20.9. The monoisotopic (exact) mass is 440 g/mol. The van der Waals surface area contributed by atoms with E-state index in [0.717, 1.165) is 40.8 Å². The first-order chi connectivity index (χ1) is 15.0. The summed E-state index contributed by atoms with van der Waals surface area (Å²) < 4.78 is 16.5. The minimum absolute atomic E-state index is 0.0192. The molecule has 1 fully saturated rings. The van der Waals surface area contributed by atoms with Crippen LogP contribution in [-0.2, 0) is 14.3 Å². The Bertz CT molecular complexity index is 1070. The number of hydrogen-bond donors (Lipinski definition) is 0. The van der Waals surface area contributed by atoms with Crippen molar-refractivity contribution in [3.05, 3.63) is 53.2 Å². The number of aryl methyl sites for hydroxylation is 1. The van der Waals surface area contributed by atoms with Crippen LogP contribution in [0, 0.1) is 12.8 Å². The molecule has 0 N–H and O–H groups in total. The Labute approximate surface area is 186 Å². The summed E-state index contributed by atoms with van der Waals surface area (Å²) in [5.74, 6) is 1.25. The number of esters is 1. The molecule has 0 spiro atoms. The summed E-state index contributed by atoms with van der Waals surface area (Å²) in [7, 11) is 0. The van der Waals surface area contributed by atoms with Crippen LogP contribution in [0.2, 0.25) is 5.02 Å². The van der Waals surface area contributed by atoms with Crippen LogP contribution in [0.25, 0.3) is 22.3 Å². The molecule has 1 aliphatic rings. The molecule has 0 saturated heterocycles. The van der Waals surface area contributed by atoms with Gasteiger partial charge in [0.2, 0.25) is 0 Å². The highest BCUT2D eigenvalue weighted by Crippen LogP contribution is 2.31. The van der Waals surface area contributed by atoms with Gasteiger partial charge in [-0.2, -0.15) is 0 Å². The molecule has 1 heterocycles. The highest BCUT2D eigenvalue weighted by Gasteiger charge is 2.36. The molecule has 1 aromatic heterocycles. The maximum atomic E-state index is 11.6. The standard InChI is InChI=1S/C24H25ClN2O4/c1-3-29-24(28)17-13-19(14-17)31-12-11-30-18-9-7-16(8-10-18)23-26-15(2)20-5-4-6-21(25)22(20)27-23/h4-10,17,19H,3,11-14H2,1-2H3/t17-,19+. The number of hydrogen-bond acceptors (Lipinski definition) is 6. The largest absolute Gasteiger partial charge is 0.491 e. The molecule has 1 aliphatic carbocycles. The fraction of sp³-hybridized carbons (Fsp3) is 0.375. The van der Waals surface area contributed by atoms with Gasteiger partial charge in [-0.25, -0.2) is 9.97 Å². The summed E-state index contributed by atoms with van der Waals surface area (Å²) in [6.07, 6.45) is 1.56. The van der Waals surface area contributed by atoms with Gasteiger partial charge in [0.05, 0.1) is 35.8 Å². The smallest absolute Gasteiger partial charge is 0.309 e. The number of ether oxygens (including phenoxy) is 3. The van der Waals surface area contributed by atoms with Crippen molar-refractivity contribution >= 4 is 28.5 Å². The Morgan fingerprint density at radius 1 is 1.10 bits per heavy atom. The summed E-state index contributed by atoms with van der Waals surface area (Å²) in [6, 6.07) is 13.4. The lowest BCUT2D eigenvalue weighted by Gasteiger charge is -2.33. The molecule has 1 saturated carbocycles. The lowest BCUT2D eigenvalue weighted by molar-refractivity contribution is -0.157. The Kier molecular flexibility index (Phi) is 6.68. The van der Waals surface area contributed by atoms with E-state index >= 15 is 0 Å². The number of para-hydroxylation sites is 1. The number of aromatic nitrogens is 2. The molecule has 0 unspecified atom stereocenters. The van der Waals surface area contributed by atoms with Gasteiger partial charge in [-0.05, 0) is 57.0 Å². The first-order valence-corrected chi connectivity index (χ1v) is 10.9. The SMILES string of the molecule is CCOC(=O)[C@H]1C[C@@H](OCCOc2ccc(-c3nc(C)c4cccc(Cl)c4n3)cc2)C1. The Balaban J connectivity index is 1.28. The Morgan fingerprint density at radius 2 is 1.87 bits per heavy atom. The zero-order valence-corrected chi connectivity index (χ0v) is 18.4. The molecular formula is C24H25ClN2O4. The van der Waals surface area contributed by atoms with Gasteiger partial charge in [-0.1, -0.05) is 23.7 Å².